The summed E-state index contributed by atoms with van der Waals surface area (Å²) >= 11 is 0. The number of nitrogens with one attached hydrogen (secondary N) is 2. The number of nitrogens with two attached hydrogens (primary N) is 1. The highest BCUT2D eigenvalue weighted by Gasteiger charge is 2.08. The van der Waals surface area contributed by atoms with E-state index in [0.29, 0.717) is 37.0 Å². The van der Waals surface area contributed by atoms with Crippen molar-refractivity contribution < 1.29 is 4.74 Å². The van der Waals surface area contributed by atoms with Crippen LogP contribution in [-0.4, -0.2) is 38.3 Å². The molecule has 2 rings (SSSR count). The van der Waals surface area contributed by atoms with Gasteiger partial charge in [0.15, 0.2) is 5.82 Å². The fourth-order valence-corrected chi connectivity index (χ4v) is 1.42. The van der Waals surface area contributed by atoms with Crippen molar-refractivity contribution >= 4 is 11.5 Å². The Morgan fingerprint density at radius 1 is 1.33 bits per heavy atom. The molecule has 0 unspecified atom stereocenters. The van der Waals surface area contributed by atoms with Crippen molar-refractivity contribution in [1.29, 1.82) is 0 Å². The molecule has 0 radical (unpaired) electrons. The van der Waals surface area contributed by atoms with Gasteiger partial charge in [0.05, 0.1) is 6.61 Å². The molecule has 18 heavy (non-hydrogen) atoms. The van der Waals surface area contributed by atoms with Crippen molar-refractivity contribution in [1.82, 2.24) is 25.1 Å². The quantitative estimate of drug-likeness (QED) is 0.671. The van der Waals surface area contributed by atoms with Gasteiger partial charge in [-0.1, -0.05) is 0 Å². The van der Waals surface area contributed by atoms with E-state index in [1.807, 2.05) is 6.92 Å². The zero-order valence-corrected chi connectivity index (χ0v) is 10.1. The summed E-state index contributed by atoms with van der Waals surface area (Å²) in [4.78, 5) is 12.0. The lowest BCUT2D eigenvalue weighted by Gasteiger charge is -2.10. The second-order valence-electron chi connectivity index (χ2n) is 3.48. The molecule has 0 saturated carbocycles. The number of rotatable bonds is 6. The summed E-state index contributed by atoms with van der Waals surface area (Å²) in [6.07, 6.45) is 3.59. The maximum Gasteiger partial charge on any atom is 0.242 e. The summed E-state index contributed by atoms with van der Waals surface area (Å²) in [7, 11) is 0. The van der Waals surface area contributed by atoms with Crippen LogP contribution in [-0.2, 0) is 6.42 Å². The molecule has 4 N–H and O–H groups in total. The molecule has 2 aromatic rings. The third-order valence-electron chi connectivity index (χ3n) is 2.25. The minimum absolute atomic E-state index is 0.398. The van der Waals surface area contributed by atoms with Crippen LogP contribution in [0, 0.1) is 0 Å². The predicted molar refractivity (Wildman–Crippen MR) is 66.2 cm³/mol. The summed E-state index contributed by atoms with van der Waals surface area (Å²) in [5.41, 5.74) is 6.29. The molecule has 0 aliphatic rings. The lowest BCUT2D eigenvalue weighted by atomic mass is 10.4. The molecule has 0 atom stereocenters. The van der Waals surface area contributed by atoms with E-state index in [2.05, 4.69) is 30.5 Å². The third-order valence-corrected chi connectivity index (χ3v) is 2.25. The average Bonchev–Trinajstić information content (AvgIpc) is 2.87. The number of nitrogens with zero attached hydrogens (tertiary/aromatic N) is 4. The SMILES string of the molecule is CCOc1ncnc(NCCc2ncn[nH]2)c1N. The number of aromatic nitrogens is 5. The van der Waals surface area contributed by atoms with Crippen LogP contribution in [0.15, 0.2) is 12.7 Å². The van der Waals surface area contributed by atoms with Crippen molar-refractivity contribution in [3.8, 4) is 5.88 Å². The normalized spacial score (nSPS) is 10.3. The van der Waals surface area contributed by atoms with Crippen LogP contribution in [0.25, 0.3) is 0 Å². The fraction of sp³-hybridized carbons (Fsp3) is 0.400. The van der Waals surface area contributed by atoms with Gasteiger partial charge in [-0.2, -0.15) is 10.1 Å². The lowest BCUT2D eigenvalue weighted by molar-refractivity contribution is 0.328. The van der Waals surface area contributed by atoms with Crippen LogP contribution < -0.4 is 15.8 Å². The Bertz CT molecular complexity index is 485. The van der Waals surface area contributed by atoms with Crippen LogP contribution in [0.5, 0.6) is 5.88 Å². The predicted octanol–water partition coefficient (Wildman–Crippen LogP) is 0.230. The van der Waals surface area contributed by atoms with E-state index in [4.69, 9.17) is 10.5 Å². The molecule has 0 aromatic carbocycles. The Morgan fingerprint density at radius 2 is 2.22 bits per heavy atom. The largest absolute Gasteiger partial charge is 0.476 e. The Labute approximate surface area is 104 Å². The maximum absolute atomic E-state index is 5.88. The van der Waals surface area contributed by atoms with Gasteiger partial charge in [-0.05, 0) is 6.92 Å². The number of nitrogen functional groups attached to an aromatic ring is 1. The van der Waals surface area contributed by atoms with Crippen LogP contribution >= 0.6 is 0 Å². The summed E-state index contributed by atoms with van der Waals surface area (Å²) in [5.74, 6) is 1.77. The van der Waals surface area contributed by atoms with E-state index in [-0.39, 0.29) is 0 Å². The number of hydrogen-bond donors (Lipinski definition) is 3. The second-order valence-corrected chi connectivity index (χ2v) is 3.48. The smallest absolute Gasteiger partial charge is 0.242 e. The van der Waals surface area contributed by atoms with E-state index < -0.39 is 0 Å². The Kier molecular flexibility index (Phi) is 3.90. The molecule has 0 saturated heterocycles. The van der Waals surface area contributed by atoms with E-state index in [0.717, 1.165) is 5.82 Å². The van der Waals surface area contributed by atoms with Crippen molar-refractivity contribution in [2.24, 2.45) is 0 Å². The number of anilines is 2. The van der Waals surface area contributed by atoms with E-state index in [1.165, 1.54) is 12.7 Å². The summed E-state index contributed by atoms with van der Waals surface area (Å²) in [6, 6.07) is 0. The molecule has 2 heterocycles. The highest BCUT2D eigenvalue weighted by Crippen LogP contribution is 2.24. The molecule has 96 valence electrons. The first-order valence-electron chi connectivity index (χ1n) is 5.62. The standard InChI is InChI=1S/C10H15N7O/c1-2-18-10-8(11)9(14-5-15-10)12-4-3-7-13-6-16-17-7/h5-6H,2-4,11H2,1H3,(H,12,14,15)(H,13,16,17). The molecule has 2 aromatic heterocycles. The van der Waals surface area contributed by atoms with Crippen molar-refractivity contribution in [2.45, 2.75) is 13.3 Å². The summed E-state index contributed by atoms with van der Waals surface area (Å²) < 4.78 is 5.28. The Balaban J connectivity index is 1.94. The van der Waals surface area contributed by atoms with E-state index in [1.54, 1.807) is 0 Å². The van der Waals surface area contributed by atoms with Crippen molar-refractivity contribution in [3.63, 3.8) is 0 Å². The van der Waals surface area contributed by atoms with Gasteiger partial charge in [-0.15, -0.1) is 0 Å². The van der Waals surface area contributed by atoms with Crippen LogP contribution in [0.2, 0.25) is 0 Å². The van der Waals surface area contributed by atoms with E-state index >= 15 is 0 Å². The molecule has 8 nitrogen and oxygen atoms in total. The Morgan fingerprint density at radius 3 is 2.94 bits per heavy atom. The molecule has 0 aliphatic heterocycles. The molecule has 0 amide bonds. The Hall–Kier alpha value is -2.38. The second kappa shape index (κ2) is 5.80. The average molecular weight is 249 g/mol. The van der Waals surface area contributed by atoms with Crippen LogP contribution in [0.4, 0.5) is 11.5 Å². The van der Waals surface area contributed by atoms with Gasteiger partial charge in [0.2, 0.25) is 5.88 Å². The number of ether oxygens (including phenoxy) is 1. The zero-order valence-electron chi connectivity index (χ0n) is 10.1. The van der Waals surface area contributed by atoms with Crippen LogP contribution in [0.1, 0.15) is 12.7 Å². The minimum atomic E-state index is 0.398. The molecular weight excluding hydrogens is 234 g/mol. The van der Waals surface area contributed by atoms with Gasteiger partial charge >= 0.3 is 0 Å². The first kappa shape index (κ1) is 12.1. The molecule has 0 spiro atoms. The molecular formula is C10H15N7O. The van der Waals surface area contributed by atoms with E-state index in [9.17, 15) is 0 Å². The van der Waals surface area contributed by atoms with Gasteiger partial charge in [-0.25, -0.2) is 9.97 Å². The highest BCUT2D eigenvalue weighted by molar-refractivity contribution is 5.66. The van der Waals surface area contributed by atoms with Gasteiger partial charge in [0.1, 0.15) is 24.2 Å². The topological polar surface area (TPSA) is 115 Å². The lowest BCUT2D eigenvalue weighted by Crippen LogP contribution is -2.11. The van der Waals surface area contributed by atoms with Gasteiger partial charge < -0.3 is 15.8 Å². The number of hydrogen-bond acceptors (Lipinski definition) is 7. The maximum atomic E-state index is 5.88. The fourth-order valence-electron chi connectivity index (χ4n) is 1.42. The first-order chi connectivity index (χ1) is 8.81. The van der Waals surface area contributed by atoms with Crippen LogP contribution in [0.3, 0.4) is 0 Å². The van der Waals surface area contributed by atoms with Crippen molar-refractivity contribution in [2.75, 3.05) is 24.2 Å². The summed E-state index contributed by atoms with van der Waals surface area (Å²) in [5, 5.41) is 9.66. The van der Waals surface area contributed by atoms with Gasteiger partial charge in [-0.3, -0.25) is 5.10 Å². The third kappa shape index (κ3) is 2.84. The zero-order chi connectivity index (χ0) is 12.8. The van der Waals surface area contributed by atoms with Gasteiger partial charge in [0.25, 0.3) is 0 Å². The molecule has 0 bridgehead atoms. The minimum Gasteiger partial charge on any atom is -0.476 e. The molecule has 0 aliphatic carbocycles. The van der Waals surface area contributed by atoms with Gasteiger partial charge in [0, 0.05) is 13.0 Å². The first-order valence-corrected chi connectivity index (χ1v) is 5.62. The highest BCUT2D eigenvalue weighted by atomic mass is 16.5. The monoisotopic (exact) mass is 249 g/mol. The number of aromatic amines is 1. The molecule has 8 heteroatoms. The summed E-state index contributed by atoms with van der Waals surface area (Å²) in [6.45, 7) is 3.03. The number of H-pyrrole nitrogens is 1. The molecule has 0 fully saturated rings. The van der Waals surface area contributed by atoms with Crippen molar-refractivity contribution in [3.05, 3.63) is 18.5 Å².